The lowest BCUT2D eigenvalue weighted by atomic mass is 10.2. The van der Waals surface area contributed by atoms with Gasteiger partial charge < -0.3 is 4.74 Å². The highest BCUT2D eigenvalue weighted by molar-refractivity contribution is 6.36. The Balaban J connectivity index is 2.20. The van der Waals surface area contributed by atoms with E-state index in [9.17, 15) is 0 Å². The minimum absolute atomic E-state index is 0.347. The molecule has 1 aromatic heterocycles. The third kappa shape index (κ3) is 2.77. The molecule has 106 valence electrons. The number of aromatic nitrogens is 2. The highest BCUT2D eigenvalue weighted by Crippen LogP contribution is 2.32. The second-order valence-electron chi connectivity index (χ2n) is 4.35. The molecule has 3 aromatic rings. The molecule has 0 amide bonds. The molecule has 0 radical (unpaired) electrons. The Kier molecular flexibility index (Phi) is 3.89. The molecule has 0 saturated carbocycles. The monoisotopic (exact) mass is 338 g/mol. The molecule has 0 aliphatic carbocycles. The molecule has 0 fully saturated rings. The van der Waals surface area contributed by atoms with Crippen molar-refractivity contribution in [3.63, 3.8) is 0 Å². The quantitative estimate of drug-likeness (QED) is 0.597. The molecule has 0 unspecified atom stereocenters. The summed E-state index contributed by atoms with van der Waals surface area (Å²) in [6.07, 6.45) is 0. The zero-order valence-electron chi connectivity index (χ0n) is 10.9. The van der Waals surface area contributed by atoms with Gasteiger partial charge in [0.25, 0.3) is 0 Å². The molecular formula is C15H9Cl3N2O. The summed E-state index contributed by atoms with van der Waals surface area (Å²) in [7, 11) is 1.60. The van der Waals surface area contributed by atoms with Gasteiger partial charge in [0.05, 0.1) is 17.6 Å². The van der Waals surface area contributed by atoms with Gasteiger partial charge in [-0.05, 0) is 36.4 Å². The smallest absolute Gasteiger partial charge is 0.162 e. The summed E-state index contributed by atoms with van der Waals surface area (Å²) >= 11 is 18.3. The second-order valence-corrected chi connectivity index (χ2v) is 5.55. The molecule has 21 heavy (non-hydrogen) atoms. The summed E-state index contributed by atoms with van der Waals surface area (Å²) in [4.78, 5) is 8.80. The van der Waals surface area contributed by atoms with Crippen molar-refractivity contribution >= 4 is 45.7 Å². The van der Waals surface area contributed by atoms with E-state index in [1.54, 1.807) is 31.4 Å². The summed E-state index contributed by atoms with van der Waals surface area (Å²) in [5.41, 5.74) is 1.40. The molecule has 0 saturated heterocycles. The van der Waals surface area contributed by atoms with Crippen LogP contribution in [0.3, 0.4) is 0 Å². The lowest BCUT2D eigenvalue weighted by Crippen LogP contribution is -1.93. The minimum Gasteiger partial charge on any atom is -0.497 e. The van der Waals surface area contributed by atoms with E-state index in [4.69, 9.17) is 39.5 Å². The van der Waals surface area contributed by atoms with Gasteiger partial charge in [0.2, 0.25) is 0 Å². The maximum atomic E-state index is 6.25. The van der Waals surface area contributed by atoms with Gasteiger partial charge in [-0.25, -0.2) is 9.97 Å². The third-order valence-electron chi connectivity index (χ3n) is 3.03. The molecule has 0 atom stereocenters. The summed E-state index contributed by atoms with van der Waals surface area (Å²) < 4.78 is 5.17. The summed E-state index contributed by atoms with van der Waals surface area (Å²) in [5, 5.41) is 2.11. The van der Waals surface area contributed by atoms with Gasteiger partial charge in [0.15, 0.2) is 5.82 Å². The Morgan fingerprint density at radius 2 is 1.76 bits per heavy atom. The van der Waals surface area contributed by atoms with Gasteiger partial charge in [-0.15, -0.1) is 0 Å². The van der Waals surface area contributed by atoms with Crippen LogP contribution >= 0.6 is 34.8 Å². The van der Waals surface area contributed by atoms with Gasteiger partial charge in [0, 0.05) is 16.0 Å². The Bertz CT molecular complexity index is 837. The van der Waals surface area contributed by atoms with Crippen molar-refractivity contribution in [2.24, 2.45) is 0 Å². The maximum Gasteiger partial charge on any atom is 0.162 e. The maximum absolute atomic E-state index is 6.25. The second kappa shape index (κ2) is 5.68. The number of fused-ring (bicyclic) bond motifs is 1. The fourth-order valence-corrected chi connectivity index (χ4v) is 2.71. The average molecular weight is 340 g/mol. The van der Waals surface area contributed by atoms with Crippen molar-refractivity contribution < 1.29 is 4.74 Å². The number of benzene rings is 2. The first-order chi connectivity index (χ1) is 10.1. The molecule has 0 aliphatic rings. The van der Waals surface area contributed by atoms with E-state index in [1.165, 1.54) is 0 Å². The number of nitrogens with zero attached hydrogens (tertiary/aromatic N) is 2. The lowest BCUT2D eigenvalue weighted by molar-refractivity contribution is 0.415. The van der Waals surface area contributed by atoms with Crippen molar-refractivity contribution in [3.05, 3.63) is 51.6 Å². The Morgan fingerprint density at radius 3 is 2.48 bits per heavy atom. The van der Waals surface area contributed by atoms with Crippen molar-refractivity contribution in [3.8, 4) is 17.1 Å². The molecular weight excluding hydrogens is 331 g/mol. The molecule has 0 N–H and O–H groups in total. The van der Waals surface area contributed by atoms with Crippen LogP contribution in [0.15, 0.2) is 36.4 Å². The summed E-state index contributed by atoms with van der Waals surface area (Å²) in [6, 6.07) is 10.6. The van der Waals surface area contributed by atoms with Crippen molar-refractivity contribution in [2.45, 2.75) is 0 Å². The van der Waals surface area contributed by atoms with Gasteiger partial charge in [-0.1, -0.05) is 34.8 Å². The Morgan fingerprint density at radius 1 is 0.952 bits per heavy atom. The van der Waals surface area contributed by atoms with Gasteiger partial charge in [-0.3, -0.25) is 0 Å². The molecule has 2 aromatic carbocycles. The van der Waals surface area contributed by atoms with E-state index >= 15 is 0 Å². The number of halogens is 3. The number of methoxy groups -OCH3 is 1. The number of hydrogen-bond acceptors (Lipinski definition) is 3. The first kappa shape index (κ1) is 14.4. The van der Waals surface area contributed by atoms with Crippen molar-refractivity contribution in [1.82, 2.24) is 9.97 Å². The van der Waals surface area contributed by atoms with E-state index < -0.39 is 0 Å². The van der Waals surface area contributed by atoms with E-state index in [1.807, 2.05) is 12.1 Å². The molecule has 0 spiro atoms. The molecule has 1 heterocycles. The molecule has 6 heteroatoms. The fraction of sp³-hybridized carbons (Fsp3) is 0.0667. The standard InChI is InChI=1S/C15H9Cl3N2O/c1-21-9-3-5-13-11(7-9)14(18)20-15(19-13)10-4-2-8(16)6-12(10)17/h2-7H,1H3. The van der Waals surface area contributed by atoms with Crippen LogP contribution in [-0.4, -0.2) is 17.1 Å². The van der Waals surface area contributed by atoms with Crippen molar-refractivity contribution in [1.29, 1.82) is 0 Å². The normalized spacial score (nSPS) is 10.9. The molecule has 3 nitrogen and oxygen atoms in total. The van der Waals surface area contributed by atoms with E-state index in [0.717, 1.165) is 10.9 Å². The molecule has 0 bridgehead atoms. The SMILES string of the molecule is COc1ccc2nc(-c3ccc(Cl)cc3Cl)nc(Cl)c2c1. The van der Waals surface area contributed by atoms with Crippen LogP contribution in [0.2, 0.25) is 15.2 Å². The Hall–Kier alpha value is -1.55. The molecule has 3 rings (SSSR count). The topological polar surface area (TPSA) is 35.0 Å². The fourth-order valence-electron chi connectivity index (χ4n) is 1.99. The van der Waals surface area contributed by atoms with E-state index in [0.29, 0.717) is 32.3 Å². The first-order valence-corrected chi connectivity index (χ1v) is 7.18. The minimum atomic E-state index is 0.347. The largest absolute Gasteiger partial charge is 0.497 e. The van der Waals surface area contributed by atoms with Crippen LogP contribution in [0.1, 0.15) is 0 Å². The van der Waals surface area contributed by atoms with Crippen LogP contribution < -0.4 is 4.74 Å². The average Bonchev–Trinajstić information content (AvgIpc) is 2.47. The Labute approximate surface area is 136 Å². The zero-order valence-corrected chi connectivity index (χ0v) is 13.2. The summed E-state index contributed by atoms with van der Waals surface area (Å²) in [5.74, 6) is 1.16. The first-order valence-electron chi connectivity index (χ1n) is 6.05. The predicted molar refractivity (Wildman–Crippen MR) is 86.6 cm³/mol. The van der Waals surface area contributed by atoms with Crippen LogP contribution in [0, 0.1) is 0 Å². The van der Waals surface area contributed by atoms with Crippen LogP contribution in [0.25, 0.3) is 22.3 Å². The van der Waals surface area contributed by atoms with E-state index in [2.05, 4.69) is 9.97 Å². The number of hydrogen-bond donors (Lipinski definition) is 0. The highest BCUT2D eigenvalue weighted by atomic mass is 35.5. The predicted octanol–water partition coefficient (Wildman–Crippen LogP) is 5.27. The lowest BCUT2D eigenvalue weighted by Gasteiger charge is -2.08. The van der Waals surface area contributed by atoms with Gasteiger partial charge >= 0.3 is 0 Å². The zero-order chi connectivity index (χ0) is 15.0. The van der Waals surface area contributed by atoms with Gasteiger partial charge in [0.1, 0.15) is 10.9 Å². The summed E-state index contributed by atoms with van der Waals surface area (Å²) in [6.45, 7) is 0. The van der Waals surface area contributed by atoms with Crippen LogP contribution in [-0.2, 0) is 0 Å². The van der Waals surface area contributed by atoms with Gasteiger partial charge in [-0.2, -0.15) is 0 Å². The third-order valence-corrected chi connectivity index (χ3v) is 3.86. The van der Waals surface area contributed by atoms with Crippen LogP contribution in [0.5, 0.6) is 5.75 Å². The highest BCUT2D eigenvalue weighted by Gasteiger charge is 2.12. The molecule has 0 aliphatic heterocycles. The number of ether oxygens (including phenoxy) is 1. The van der Waals surface area contributed by atoms with Crippen molar-refractivity contribution in [2.75, 3.05) is 7.11 Å². The van der Waals surface area contributed by atoms with Crippen LogP contribution in [0.4, 0.5) is 0 Å². The number of rotatable bonds is 2. The van der Waals surface area contributed by atoms with E-state index in [-0.39, 0.29) is 0 Å².